The van der Waals surface area contributed by atoms with Crippen molar-refractivity contribution in [3.05, 3.63) is 0 Å². The first-order valence-electron chi connectivity index (χ1n) is 6.84. The van der Waals surface area contributed by atoms with Crippen LogP contribution in [0.25, 0.3) is 0 Å². The van der Waals surface area contributed by atoms with Gasteiger partial charge in [-0.1, -0.05) is 0 Å². The molecule has 1 rings (SSSR count). The lowest BCUT2D eigenvalue weighted by Crippen LogP contribution is -2.55. The van der Waals surface area contributed by atoms with Crippen molar-refractivity contribution in [2.45, 2.75) is 49.7 Å². The highest BCUT2D eigenvalue weighted by molar-refractivity contribution is 7.93. The fourth-order valence-corrected chi connectivity index (χ4v) is 3.99. The molecule has 0 saturated carbocycles. The molecule has 1 saturated heterocycles. The van der Waals surface area contributed by atoms with Gasteiger partial charge in [0.2, 0.25) is 5.91 Å². The maximum absolute atomic E-state index is 12.5. The van der Waals surface area contributed by atoms with Gasteiger partial charge in [0.25, 0.3) is 0 Å². The van der Waals surface area contributed by atoms with E-state index in [4.69, 9.17) is 9.84 Å². The second-order valence-electron chi connectivity index (χ2n) is 5.80. The largest absolute Gasteiger partial charge is 0.480 e. The van der Waals surface area contributed by atoms with E-state index in [1.165, 1.54) is 27.8 Å². The van der Waals surface area contributed by atoms with E-state index in [-0.39, 0.29) is 0 Å². The minimum Gasteiger partial charge on any atom is -0.480 e. The SMILES string of the molecule is CC(C(=O)N(C)C(C)(C)C(=O)O)S(=O)(=O)C1CCOCC1. The highest BCUT2D eigenvalue weighted by Gasteiger charge is 2.42. The molecule has 1 heterocycles. The van der Waals surface area contributed by atoms with Gasteiger partial charge in [-0.3, -0.25) is 4.79 Å². The lowest BCUT2D eigenvalue weighted by molar-refractivity contribution is -0.155. The normalized spacial score (nSPS) is 19.0. The summed E-state index contributed by atoms with van der Waals surface area (Å²) >= 11 is 0. The van der Waals surface area contributed by atoms with Crippen LogP contribution in [0.4, 0.5) is 0 Å². The molecule has 1 aliphatic rings. The number of ether oxygens (including phenoxy) is 1. The molecule has 1 fully saturated rings. The molecule has 0 spiro atoms. The Balaban J connectivity index is 2.93. The number of nitrogens with zero attached hydrogens (tertiary/aromatic N) is 1. The van der Waals surface area contributed by atoms with Crippen molar-refractivity contribution in [2.24, 2.45) is 0 Å². The van der Waals surface area contributed by atoms with Crippen LogP contribution in [0.5, 0.6) is 0 Å². The topological polar surface area (TPSA) is 101 Å². The number of hydrogen-bond donors (Lipinski definition) is 1. The van der Waals surface area contributed by atoms with Crippen LogP contribution in [-0.4, -0.2) is 66.6 Å². The molecule has 122 valence electrons. The Labute approximate surface area is 125 Å². The summed E-state index contributed by atoms with van der Waals surface area (Å²) in [6.07, 6.45) is 0.734. The van der Waals surface area contributed by atoms with E-state index in [0.717, 1.165) is 4.90 Å². The molecular weight excluding hydrogens is 298 g/mol. The maximum Gasteiger partial charge on any atom is 0.329 e. The number of carbonyl (C=O) groups excluding carboxylic acids is 1. The van der Waals surface area contributed by atoms with Crippen LogP contribution in [0.3, 0.4) is 0 Å². The average Bonchev–Trinajstić information content (AvgIpc) is 2.45. The zero-order valence-electron chi connectivity index (χ0n) is 12.8. The summed E-state index contributed by atoms with van der Waals surface area (Å²) in [7, 11) is -2.34. The lowest BCUT2D eigenvalue weighted by Gasteiger charge is -2.34. The standard InChI is InChI=1S/C13H23NO6S/c1-9(11(15)14(4)13(2,3)12(16)17)21(18,19)10-5-7-20-8-6-10/h9-10H,5-8H2,1-4H3,(H,16,17). The summed E-state index contributed by atoms with van der Waals surface area (Å²) in [6, 6.07) is 0. The Kier molecular flexibility index (Phi) is 5.38. The van der Waals surface area contributed by atoms with Gasteiger partial charge in [0.05, 0.1) is 5.25 Å². The number of carboxylic acids is 1. The van der Waals surface area contributed by atoms with Crippen LogP contribution >= 0.6 is 0 Å². The number of sulfone groups is 1. The summed E-state index contributed by atoms with van der Waals surface area (Å²) in [4.78, 5) is 24.5. The zero-order valence-corrected chi connectivity index (χ0v) is 13.6. The van der Waals surface area contributed by atoms with E-state index in [1.807, 2.05) is 0 Å². The monoisotopic (exact) mass is 321 g/mol. The van der Waals surface area contributed by atoms with E-state index in [0.29, 0.717) is 26.1 Å². The first kappa shape index (κ1) is 17.9. The Morgan fingerprint density at radius 3 is 2.19 bits per heavy atom. The Morgan fingerprint density at radius 1 is 1.29 bits per heavy atom. The second-order valence-corrected chi connectivity index (χ2v) is 8.36. The number of aliphatic carboxylic acids is 1. The van der Waals surface area contributed by atoms with E-state index < -0.39 is 37.8 Å². The lowest BCUT2D eigenvalue weighted by atomic mass is 10.0. The molecular formula is C13H23NO6S. The molecule has 1 unspecified atom stereocenters. The molecule has 8 heteroatoms. The number of carboxylic acid groups (broad SMARTS) is 1. The van der Waals surface area contributed by atoms with Gasteiger partial charge in [0, 0.05) is 20.3 Å². The van der Waals surface area contributed by atoms with Crippen molar-refractivity contribution < 1.29 is 27.9 Å². The fourth-order valence-electron chi connectivity index (χ4n) is 2.13. The number of carbonyl (C=O) groups is 2. The van der Waals surface area contributed by atoms with Gasteiger partial charge in [0.1, 0.15) is 10.8 Å². The van der Waals surface area contributed by atoms with Crippen LogP contribution in [0.1, 0.15) is 33.6 Å². The predicted molar refractivity (Wildman–Crippen MR) is 76.7 cm³/mol. The van der Waals surface area contributed by atoms with Crippen molar-refractivity contribution in [3.63, 3.8) is 0 Å². The van der Waals surface area contributed by atoms with Gasteiger partial charge in [0.15, 0.2) is 9.84 Å². The van der Waals surface area contributed by atoms with Crippen LogP contribution in [0.2, 0.25) is 0 Å². The van der Waals surface area contributed by atoms with Gasteiger partial charge in [-0.15, -0.1) is 0 Å². The maximum atomic E-state index is 12.5. The Hall–Kier alpha value is -1.15. The minimum atomic E-state index is -3.66. The van der Waals surface area contributed by atoms with E-state index >= 15 is 0 Å². The molecule has 0 bridgehead atoms. The van der Waals surface area contributed by atoms with Crippen LogP contribution in [-0.2, 0) is 24.2 Å². The van der Waals surface area contributed by atoms with Crippen molar-refractivity contribution in [1.82, 2.24) is 4.90 Å². The number of hydrogen-bond acceptors (Lipinski definition) is 5. The zero-order chi connectivity index (χ0) is 16.4. The molecule has 7 nitrogen and oxygen atoms in total. The van der Waals surface area contributed by atoms with Crippen molar-refractivity contribution in [2.75, 3.05) is 20.3 Å². The fraction of sp³-hybridized carbons (Fsp3) is 0.846. The highest BCUT2D eigenvalue weighted by atomic mass is 32.2. The highest BCUT2D eigenvalue weighted by Crippen LogP contribution is 2.23. The molecule has 0 aromatic rings. The molecule has 1 N–H and O–H groups in total. The summed E-state index contributed by atoms with van der Waals surface area (Å²) in [5.41, 5.74) is -1.46. The number of rotatable bonds is 5. The van der Waals surface area contributed by atoms with Gasteiger partial charge >= 0.3 is 5.97 Å². The molecule has 1 aliphatic heterocycles. The van der Waals surface area contributed by atoms with Crippen LogP contribution in [0.15, 0.2) is 0 Å². The Morgan fingerprint density at radius 2 is 1.76 bits per heavy atom. The number of amides is 1. The minimum absolute atomic E-state index is 0.362. The number of likely N-dealkylation sites (N-methyl/N-ethyl adjacent to an activating group) is 1. The van der Waals surface area contributed by atoms with Gasteiger partial charge in [-0.25, -0.2) is 13.2 Å². The van der Waals surface area contributed by atoms with E-state index in [9.17, 15) is 18.0 Å². The third-order valence-electron chi connectivity index (χ3n) is 4.17. The molecule has 0 aromatic heterocycles. The molecule has 0 radical (unpaired) electrons. The van der Waals surface area contributed by atoms with Gasteiger partial charge < -0.3 is 14.7 Å². The predicted octanol–water partition coefficient (Wildman–Crippen LogP) is 0.290. The first-order chi connectivity index (χ1) is 9.52. The van der Waals surface area contributed by atoms with Crippen molar-refractivity contribution in [1.29, 1.82) is 0 Å². The third kappa shape index (κ3) is 3.55. The average molecular weight is 321 g/mol. The quantitative estimate of drug-likeness (QED) is 0.781. The first-order valence-corrected chi connectivity index (χ1v) is 8.45. The summed E-state index contributed by atoms with van der Waals surface area (Å²) < 4.78 is 30.1. The summed E-state index contributed by atoms with van der Waals surface area (Å²) in [6.45, 7) is 4.77. The van der Waals surface area contributed by atoms with Gasteiger partial charge in [-0.05, 0) is 33.6 Å². The smallest absolute Gasteiger partial charge is 0.329 e. The summed E-state index contributed by atoms with van der Waals surface area (Å²) in [5.74, 6) is -1.89. The Bertz CT molecular complexity index is 507. The van der Waals surface area contributed by atoms with E-state index in [2.05, 4.69) is 0 Å². The molecule has 0 aromatic carbocycles. The van der Waals surface area contributed by atoms with Crippen LogP contribution in [0, 0.1) is 0 Å². The van der Waals surface area contributed by atoms with E-state index in [1.54, 1.807) is 0 Å². The van der Waals surface area contributed by atoms with Crippen molar-refractivity contribution >= 4 is 21.7 Å². The molecule has 1 atom stereocenters. The van der Waals surface area contributed by atoms with Crippen molar-refractivity contribution in [3.8, 4) is 0 Å². The van der Waals surface area contributed by atoms with Crippen LogP contribution < -0.4 is 0 Å². The third-order valence-corrected chi connectivity index (χ3v) is 6.75. The molecule has 21 heavy (non-hydrogen) atoms. The second kappa shape index (κ2) is 6.31. The summed E-state index contributed by atoms with van der Waals surface area (Å²) in [5, 5.41) is 7.27. The molecule has 1 amide bonds. The molecule has 0 aliphatic carbocycles. The van der Waals surface area contributed by atoms with Gasteiger partial charge in [-0.2, -0.15) is 0 Å².